The van der Waals surface area contributed by atoms with Crippen LogP contribution in [0.5, 0.6) is 0 Å². The van der Waals surface area contributed by atoms with E-state index in [0.29, 0.717) is 51.6 Å². The number of nitrogens with one attached hydrogen (secondary N) is 3. The summed E-state index contributed by atoms with van der Waals surface area (Å²) in [5.74, 6) is -3.40. The van der Waals surface area contributed by atoms with Gasteiger partial charge >= 0.3 is 12.3 Å². The van der Waals surface area contributed by atoms with E-state index in [4.69, 9.17) is 4.74 Å². The molecule has 3 saturated carbocycles. The Kier molecular flexibility index (Phi) is 11.3. The molecule has 7 rings (SSSR count). The van der Waals surface area contributed by atoms with Crippen molar-refractivity contribution >= 4 is 33.8 Å². The molecule has 302 valence electrons. The Bertz CT molecular complexity index is 1780. The standard InChI is InChI=1S/C39H52F3N5O7S/c1-2-27-20-38(27,36(50)45-55(52,53)29-17-18-29)44-34(48)31-19-28-22-47(31)35(49)33(25-12-7-5-8-13-25)43-32(39(40,41)42)16-9-4-3-6-11-24-14-10-15-26-21-46(23-30(24)26)37(51)54-28/h2,10,14-15,25,27-29,31-33,43H,1,3-9,11-13,16-23H2,(H,44,48)(H,45,50)/t27-,28?,31+,32?,33+,38-/m1/s1. The Morgan fingerprint density at radius 3 is 2.35 bits per heavy atom. The number of aryl methyl sites for hydroxylation is 1. The van der Waals surface area contributed by atoms with Crippen LogP contribution in [0.2, 0.25) is 0 Å². The Morgan fingerprint density at radius 2 is 1.65 bits per heavy atom. The molecule has 6 aliphatic rings. The Hall–Kier alpha value is -3.66. The molecule has 3 N–H and O–H groups in total. The van der Waals surface area contributed by atoms with Crippen LogP contribution in [0.1, 0.15) is 107 Å². The number of nitrogens with zero attached hydrogens (tertiary/aromatic N) is 2. The maximum atomic E-state index is 14.7. The molecule has 4 amide bonds. The lowest BCUT2D eigenvalue weighted by atomic mass is 9.82. The number of hydrogen-bond donors (Lipinski definition) is 3. The number of carbonyl (C=O) groups excluding carboxylic acids is 4. The molecule has 55 heavy (non-hydrogen) atoms. The largest absolute Gasteiger partial charge is 0.444 e. The van der Waals surface area contributed by atoms with E-state index >= 15 is 0 Å². The first kappa shape index (κ1) is 39.6. The van der Waals surface area contributed by atoms with Gasteiger partial charge in [0, 0.05) is 25.4 Å². The van der Waals surface area contributed by atoms with Crippen molar-refractivity contribution in [1.82, 2.24) is 25.2 Å². The first-order valence-corrected chi connectivity index (χ1v) is 21.4. The van der Waals surface area contributed by atoms with E-state index < -0.39 is 86.9 Å². The second-order valence-electron chi connectivity index (χ2n) is 16.4. The lowest BCUT2D eigenvalue weighted by Gasteiger charge is -2.37. The highest BCUT2D eigenvalue weighted by molar-refractivity contribution is 7.91. The molecule has 2 unspecified atom stereocenters. The maximum Gasteiger partial charge on any atom is 0.410 e. The van der Waals surface area contributed by atoms with Gasteiger partial charge in [-0.1, -0.05) is 62.8 Å². The van der Waals surface area contributed by atoms with Crippen LogP contribution in [-0.4, -0.2) is 89.8 Å². The molecule has 1 saturated heterocycles. The molecular weight excluding hydrogens is 740 g/mol. The zero-order chi connectivity index (χ0) is 39.1. The van der Waals surface area contributed by atoms with Crippen molar-refractivity contribution < 1.29 is 45.5 Å². The molecule has 0 radical (unpaired) electrons. The SMILES string of the molecule is C=C[C@@H]1C[C@]1(NC(=O)[C@@H]1CC2CN1C(=O)[C@H](C1CCCCC1)NC(C(F)(F)F)CCCCCCc1cccc3c1CN(C3)C(=O)O2)C(=O)NS(=O)(=O)C1CC1. The minimum absolute atomic E-state index is 0.0738. The molecule has 3 aliphatic heterocycles. The van der Waals surface area contributed by atoms with Crippen LogP contribution in [0.4, 0.5) is 18.0 Å². The quantitative estimate of drug-likeness (QED) is 0.335. The van der Waals surface area contributed by atoms with E-state index in [9.17, 15) is 40.8 Å². The average Bonchev–Trinajstić information content (AvgIpc) is 4.04. The molecular formula is C39H52F3N5O7S. The van der Waals surface area contributed by atoms with Gasteiger partial charge in [0.1, 0.15) is 23.7 Å². The summed E-state index contributed by atoms with van der Waals surface area (Å²) in [5.41, 5.74) is 1.47. The van der Waals surface area contributed by atoms with Crippen molar-refractivity contribution in [2.24, 2.45) is 11.8 Å². The monoisotopic (exact) mass is 791 g/mol. The van der Waals surface area contributed by atoms with Crippen LogP contribution < -0.4 is 15.4 Å². The van der Waals surface area contributed by atoms with E-state index in [1.807, 2.05) is 18.2 Å². The van der Waals surface area contributed by atoms with Crippen LogP contribution in [0, 0.1) is 11.8 Å². The Balaban J connectivity index is 1.19. The summed E-state index contributed by atoms with van der Waals surface area (Å²) in [6, 6.07) is 1.39. The highest BCUT2D eigenvalue weighted by Crippen LogP contribution is 2.46. The van der Waals surface area contributed by atoms with E-state index in [0.717, 1.165) is 55.2 Å². The number of carbonyl (C=O) groups is 4. The molecule has 3 heterocycles. The number of fused-ring (bicyclic) bond motifs is 3. The summed E-state index contributed by atoms with van der Waals surface area (Å²) in [7, 11) is -3.96. The van der Waals surface area contributed by atoms with Gasteiger partial charge in [-0.25, -0.2) is 13.2 Å². The van der Waals surface area contributed by atoms with Gasteiger partial charge in [0.25, 0.3) is 5.91 Å². The van der Waals surface area contributed by atoms with Crippen LogP contribution in [0.25, 0.3) is 0 Å². The van der Waals surface area contributed by atoms with Crippen LogP contribution in [0.3, 0.4) is 0 Å². The fraction of sp³-hybridized carbons (Fsp3) is 0.692. The van der Waals surface area contributed by atoms with Gasteiger partial charge in [-0.05, 0) is 74.0 Å². The molecule has 12 nitrogen and oxygen atoms in total. The molecule has 3 aliphatic carbocycles. The van der Waals surface area contributed by atoms with Gasteiger partial charge in [0.15, 0.2) is 0 Å². The fourth-order valence-electron chi connectivity index (χ4n) is 9.10. The first-order chi connectivity index (χ1) is 26.2. The second kappa shape index (κ2) is 15.7. The van der Waals surface area contributed by atoms with Gasteiger partial charge in [-0.3, -0.25) is 29.3 Å². The zero-order valence-corrected chi connectivity index (χ0v) is 31.9. The van der Waals surface area contributed by atoms with E-state index in [2.05, 4.69) is 21.9 Å². The zero-order valence-electron chi connectivity index (χ0n) is 31.1. The number of amides is 4. The van der Waals surface area contributed by atoms with Crippen LogP contribution >= 0.6 is 0 Å². The number of rotatable bonds is 7. The van der Waals surface area contributed by atoms with Crippen molar-refractivity contribution in [2.45, 2.75) is 151 Å². The van der Waals surface area contributed by atoms with Crippen LogP contribution in [-0.2, 0) is 48.7 Å². The number of sulfonamides is 1. The molecule has 0 aromatic heterocycles. The summed E-state index contributed by atoms with van der Waals surface area (Å²) in [5, 5.41) is 4.76. The molecule has 1 aromatic carbocycles. The summed E-state index contributed by atoms with van der Waals surface area (Å²) >= 11 is 0. The van der Waals surface area contributed by atoms with Gasteiger partial charge in [0.2, 0.25) is 21.8 Å². The highest BCUT2D eigenvalue weighted by Gasteiger charge is 2.62. The summed E-state index contributed by atoms with van der Waals surface area (Å²) in [4.78, 5) is 59.0. The smallest absolute Gasteiger partial charge is 0.410 e. The van der Waals surface area contributed by atoms with Gasteiger partial charge in [-0.2, -0.15) is 13.2 Å². The number of benzene rings is 1. The first-order valence-electron chi connectivity index (χ1n) is 19.9. The Morgan fingerprint density at radius 1 is 0.964 bits per heavy atom. The predicted molar refractivity (Wildman–Crippen MR) is 195 cm³/mol. The van der Waals surface area contributed by atoms with Crippen molar-refractivity contribution in [1.29, 1.82) is 0 Å². The minimum Gasteiger partial charge on any atom is -0.444 e. The third-order valence-electron chi connectivity index (χ3n) is 12.6. The normalized spacial score (nSPS) is 31.1. The average molecular weight is 792 g/mol. The summed E-state index contributed by atoms with van der Waals surface area (Å²) in [6.07, 6.45) is 2.39. The fourth-order valence-corrected chi connectivity index (χ4v) is 10.5. The lowest BCUT2D eigenvalue weighted by Crippen LogP contribution is -2.61. The van der Waals surface area contributed by atoms with Crippen molar-refractivity contribution in [2.75, 3.05) is 6.54 Å². The van der Waals surface area contributed by atoms with Gasteiger partial charge in [0.05, 0.1) is 17.8 Å². The molecule has 4 bridgehead atoms. The van der Waals surface area contributed by atoms with E-state index in [-0.39, 0.29) is 25.8 Å². The molecule has 16 heteroatoms. The highest BCUT2D eigenvalue weighted by atomic mass is 32.2. The van der Waals surface area contributed by atoms with Crippen molar-refractivity contribution in [3.05, 3.63) is 47.5 Å². The molecule has 4 fully saturated rings. The topological polar surface area (TPSA) is 154 Å². The maximum absolute atomic E-state index is 14.7. The lowest BCUT2D eigenvalue weighted by molar-refractivity contribution is -0.164. The van der Waals surface area contributed by atoms with Crippen LogP contribution in [0.15, 0.2) is 30.9 Å². The third-order valence-corrected chi connectivity index (χ3v) is 14.4. The minimum atomic E-state index is -4.63. The molecule has 0 spiro atoms. The third kappa shape index (κ3) is 8.54. The molecule has 6 atom stereocenters. The van der Waals surface area contributed by atoms with Crippen molar-refractivity contribution in [3.8, 4) is 0 Å². The van der Waals surface area contributed by atoms with Gasteiger partial charge < -0.3 is 15.0 Å². The van der Waals surface area contributed by atoms with Gasteiger partial charge in [-0.15, -0.1) is 6.58 Å². The summed E-state index contributed by atoms with van der Waals surface area (Å²) in [6.45, 7) is 4.16. The molecule has 1 aromatic rings. The summed E-state index contributed by atoms with van der Waals surface area (Å²) < 4.78 is 77.6. The Labute approximate surface area is 320 Å². The number of alkyl halides is 3. The second-order valence-corrected chi connectivity index (χ2v) is 18.4. The number of hydrogen-bond acceptors (Lipinski definition) is 8. The predicted octanol–water partition coefficient (Wildman–Crippen LogP) is 4.75. The van der Waals surface area contributed by atoms with E-state index in [1.54, 1.807) is 4.90 Å². The number of ether oxygens (including phenoxy) is 1. The van der Waals surface area contributed by atoms with E-state index in [1.165, 1.54) is 11.0 Å². The number of halogens is 3. The van der Waals surface area contributed by atoms with Crippen molar-refractivity contribution in [3.63, 3.8) is 0 Å².